The molecule has 0 aliphatic rings. The van der Waals surface area contributed by atoms with Crippen molar-refractivity contribution in [3.8, 4) is 0 Å². The van der Waals surface area contributed by atoms with Gasteiger partial charge in [0.05, 0.1) is 6.20 Å². The Balaban J connectivity index is 2.15. The van der Waals surface area contributed by atoms with Crippen molar-refractivity contribution in [3.05, 3.63) is 63.7 Å². The third-order valence-corrected chi connectivity index (χ3v) is 6.29. The number of benzene rings is 1. The molecular formula is C16H14ClF3N4O3S. The van der Waals surface area contributed by atoms with Gasteiger partial charge in [0.15, 0.2) is 5.03 Å². The highest BCUT2D eigenvalue weighted by atomic mass is 35.5. The molecule has 150 valence electrons. The summed E-state index contributed by atoms with van der Waals surface area (Å²) in [6.07, 6.45) is -2.82. The highest BCUT2D eigenvalue weighted by Crippen LogP contribution is 2.39. The van der Waals surface area contributed by atoms with Crippen LogP contribution in [0.25, 0.3) is 5.78 Å². The van der Waals surface area contributed by atoms with E-state index in [0.717, 1.165) is 46.6 Å². The maximum atomic E-state index is 13.8. The number of hydrogen-bond acceptors (Lipinski definition) is 4. The summed E-state index contributed by atoms with van der Waals surface area (Å²) in [7, 11) is -2.42. The number of nitrogens with zero attached hydrogens (tertiary/aromatic N) is 4. The van der Waals surface area contributed by atoms with E-state index in [0.29, 0.717) is 0 Å². The number of aromatic nitrogens is 3. The molecule has 12 heteroatoms. The van der Waals surface area contributed by atoms with Crippen molar-refractivity contribution in [2.45, 2.75) is 17.2 Å². The van der Waals surface area contributed by atoms with Gasteiger partial charge in [-0.25, -0.2) is 13.4 Å². The highest BCUT2D eigenvalue weighted by molar-refractivity contribution is 7.89. The highest BCUT2D eigenvalue weighted by Gasteiger charge is 2.48. The normalized spacial score (nSPS) is 14.0. The maximum absolute atomic E-state index is 13.8. The minimum absolute atomic E-state index is 0.0190. The summed E-state index contributed by atoms with van der Waals surface area (Å²) in [5, 5.41) is -0.276. The predicted octanol–water partition coefficient (Wildman–Crippen LogP) is 2.61. The number of imidazole rings is 1. The second kappa shape index (κ2) is 6.90. The van der Waals surface area contributed by atoms with Crippen LogP contribution in [0.4, 0.5) is 13.2 Å². The van der Waals surface area contributed by atoms with Crippen LogP contribution in [0.2, 0.25) is 5.02 Å². The number of rotatable bonds is 4. The molecule has 7 nitrogen and oxygen atoms in total. The second-order valence-electron chi connectivity index (χ2n) is 6.00. The number of fused-ring (bicyclic) bond motifs is 1. The largest absolute Gasteiger partial charge is 0.409 e. The molecule has 0 aliphatic carbocycles. The Hall–Kier alpha value is -2.37. The zero-order valence-electron chi connectivity index (χ0n) is 14.6. The van der Waals surface area contributed by atoms with Crippen molar-refractivity contribution in [1.82, 2.24) is 18.3 Å². The average molecular weight is 435 g/mol. The number of sulfonamides is 1. The van der Waals surface area contributed by atoms with Gasteiger partial charge < -0.3 is 0 Å². The molecule has 3 aromatic rings. The molecule has 0 saturated heterocycles. The summed E-state index contributed by atoms with van der Waals surface area (Å²) in [6.45, 7) is 0. The molecule has 0 radical (unpaired) electrons. The van der Waals surface area contributed by atoms with Crippen LogP contribution in [-0.4, -0.2) is 39.9 Å². The molecule has 0 aliphatic heterocycles. The lowest BCUT2D eigenvalue weighted by Gasteiger charge is -2.29. The van der Waals surface area contributed by atoms with E-state index in [1.54, 1.807) is 0 Å². The van der Waals surface area contributed by atoms with Crippen molar-refractivity contribution in [3.63, 3.8) is 0 Å². The number of aryl methyl sites for hydroxylation is 1. The van der Waals surface area contributed by atoms with Gasteiger partial charge in [0.2, 0.25) is 5.78 Å². The third-order valence-electron chi connectivity index (χ3n) is 4.24. The zero-order valence-corrected chi connectivity index (χ0v) is 16.1. The lowest BCUT2D eigenvalue weighted by Crippen LogP contribution is -2.40. The van der Waals surface area contributed by atoms with Crippen molar-refractivity contribution in [1.29, 1.82) is 0 Å². The van der Waals surface area contributed by atoms with Crippen molar-refractivity contribution < 1.29 is 21.6 Å². The molecular weight excluding hydrogens is 421 g/mol. The minimum Gasteiger partial charge on any atom is -0.281 e. The van der Waals surface area contributed by atoms with E-state index < -0.39 is 32.8 Å². The smallest absolute Gasteiger partial charge is 0.281 e. The molecule has 1 atom stereocenters. The third kappa shape index (κ3) is 3.40. The van der Waals surface area contributed by atoms with Gasteiger partial charge in [-0.1, -0.05) is 23.7 Å². The molecule has 0 N–H and O–H groups in total. The molecule has 0 bridgehead atoms. The number of hydrogen-bond donors (Lipinski definition) is 0. The first kappa shape index (κ1) is 20.4. The molecule has 0 fully saturated rings. The molecule has 0 amide bonds. The quantitative estimate of drug-likeness (QED) is 0.632. The van der Waals surface area contributed by atoms with Crippen LogP contribution in [-0.2, 0) is 17.1 Å². The monoisotopic (exact) mass is 434 g/mol. The molecule has 2 heterocycles. The minimum atomic E-state index is -4.89. The van der Waals surface area contributed by atoms with Gasteiger partial charge in [-0.15, -0.1) is 0 Å². The van der Waals surface area contributed by atoms with Crippen LogP contribution in [0.1, 0.15) is 11.6 Å². The molecule has 2 aromatic heterocycles. The van der Waals surface area contributed by atoms with Gasteiger partial charge in [0.25, 0.3) is 15.6 Å². The maximum Gasteiger partial charge on any atom is 0.409 e. The fourth-order valence-corrected chi connectivity index (χ4v) is 4.32. The summed E-state index contributed by atoms with van der Waals surface area (Å²) in [4.78, 5) is 15.5. The van der Waals surface area contributed by atoms with Crippen LogP contribution >= 0.6 is 11.6 Å². The average Bonchev–Trinajstić information content (AvgIpc) is 3.04. The van der Waals surface area contributed by atoms with Crippen LogP contribution in [0.15, 0.2) is 52.5 Å². The van der Waals surface area contributed by atoms with Crippen molar-refractivity contribution >= 4 is 27.4 Å². The van der Waals surface area contributed by atoms with E-state index in [1.807, 2.05) is 0 Å². The first-order valence-corrected chi connectivity index (χ1v) is 9.59. The van der Waals surface area contributed by atoms with E-state index in [9.17, 15) is 26.4 Å². The molecule has 0 unspecified atom stereocenters. The van der Waals surface area contributed by atoms with Crippen LogP contribution in [0.3, 0.4) is 0 Å². The first-order chi connectivity index (χ1) is 12.9. The standard InChI is InChI=1S/C16H14ClF3N4O3S/c1-22-12(25)7-8-24-13(9-21-15(22)24)28(26,27)23(2)14(16(18,19)20)10-3-5-11(17)6-4-10/h3-9,14H,1-2H3/t14-/m1/s1. The van der Waals surface area contributed by atoms with Gasteiger partial charge in [0.1, 0.15) is 6.04 Å². The number of alkyl halides is 3. The molecule has 3 rings (SSSR count). The van der Waals surface area contributed by atoms with Gasteiger partial charge in [-0.3, -0.25) is 13.8 Å². The Bertz CT molecular complexity index is 1190. The lowest BCUT2D eigenvalue weighted by atomic mass is 10.1. The first-order valence-electron chi connectivity index (χ1n) is 7.78. The number of halogens is 4. The Morgan fingerprint density at radius 2 is 1.79 bits per heavy atom. The second-order valence-corrected chi connectivity index (χ2v) is 8.38. The van der Waals surface area contributed by atoms with Crippen LogP contribution in [0, 0.1) is 0 Å². The van der Waals surface area contributed by atoms with E-state index >= 15 is 0 Å². The van der Waals surface area contributed by atoms with Crippen molar-refractivity contribution in [2.75, 3.05) is 7.05 Å². The SMILES string of the molecule is CN([C@H](c1ccc(Cl)cc1)C(F)(F)F)S(=O)(=O)c1cnc2n(C)c(=O)ccn12. The van der Waals surface area contributed by atoms with Crippen LogP contribution in [0.5, 0.6) is 0 Å². The van der Waals surface area contributed by atoms with E-state index in [2.05, 4.69) is 4.98 Å². The van der Waals surface area contributed by atoms with E-state index in [4.69, 9.17) is 11.6 Å². The summed E-state index contributed by atoms with van der Waals surface area (Å²) < 4.78 is 69.6. The molecule has 28 heavy (non-hydrogen) atoms. The summed E-state index contributed by atoms with van der Waals surface area (Å²) in [6, 6.07) is 3.39. The van der Waals surface area contributed by atoms with Crippen LogP contribution < -0.4 is 5.56 Å². The van der Waals surface area contributed by atoms with Gasteiger partial charge in [-0.05, 0) is 17.7 Å². The lowest BCUT2D eigenvalue weighted by molar-refractivity contribution is -0.171. The fraction of sp³-hybridized carbons (Fsp3) is 0.250. The van der Waals surface area contributed by atoms with E-state index in [-0.39, 0.29) is 20.7 Å². The van der Waals surface area contributed by atoms with E-state index in [1.165, 1.54) is 19.2 Å². The fourth-order valence-electron chi connectivity index (χ4n) is 2.80. The Kier molecular flexibility index (Phi) is 5.02. The summed E-state index contributed by atoms with van der Waals surface area (Å²) in [5.74, 6) is -0.0190. The zero-order chi connectivity index (χ0) is 20.9. The van der Waals surface area contributed by atoms with Crippen molar-refractivity contribution in [2.24, 2.45) is 7.05 Å². The van der Waals surface area contributed by atoms with Gasteiger partial charge >= 0.3 is 6.18 Å². The summed E-state index contributed by atoms with van der Waals surface area (Å²) >= 11 is 5.72. The molecule has 0 saturated carbocycles. The van der Waals surface area contributed by atoms with Gasteiger partial charge in [-0.2, -0.15) is 17.5 Å². The summed E-state index contributed by atoms with van der Waals surface area (Å²) in [5.41, 5.74) is -0.728. The topological polar surface area (TPSA) is 76.7 Å². The Morgan fingerprint density at radius 3 is 2.36 bits per heavy atom. The molecule has 0 spiro atoms. The molecule has 1 aromatic carbocycles. The Morgan fingerprint density at radius 1 is 1.18 bits per heavy atom. The van der Waals surface area contributed by atoms with Gasteiger partial charge in [0, 0.05) is 31.4 Å². The Labute approximate surface area is 162 Å². The predicted molar refractivity (Wildman–Crippen MR) is 95.6 cm³/mol.